The highest BCUT2D eigenvalue weighted by atomic mass is 16.5. The van der Waals surface area contributed by atoms with E-state index in [1.165, 1.54) is 63.9 Å². The predicted octanol–water partition coefficient (Wildman–Crippen LogP) is 5.58. The minimum Gasteiger partial charge on any atom is -0.463 e. The smallest absolute Gasteiger partial charge is 0.330 e. The van der Waals surface area contributed by atoms with Gasteiger partial charge in [-0.05, 0) is 13.3 Å². The molecule has 116 valence electrons. The molecule has 0 heterocycles. The molecule has 0 aliphatic heterocycles. The van der Waals surface area contributed by atoms with Gasteiger partial charge in [-0.1, -0.05) is 82.9 Å². The van der Waals surface area contributed by atoms with E-state index in [2.05, 4.69) is 6.92 Å². The van der Waals surface area contributed by atoms with Crippen LogP contribution >= 0.6 is 0 Å². The van der Waals surface area contributed by atoms with E-state index >= 15 is 0 Å². The number of carbonyl (C=O) groups excluding carboxylic acids is 1. The Morgan fingerprint density at radius 3 is 1.95 bits per heavy atom. The largest absolute Gasteiger partial charge is 0.463 e. The Labute approximate surface area is 125 Å². The van der Waals surface area contributed by atoms with Crippen molar-refractivity contribution in [2.75, 3.05) is 6.61 Å². The van der Waals surface area contributed by atoms with Gasteiger partial charge in [-0.3, -0.25) is 0 Å². The molecule has 0 aromatic carbocycles. The van der Waals surface area contributed by atoms with Crippen molar-refractivity contribution in [2.24, 2.45) is 0 Å². The quantitative estimate of drug-likeness (QED) is 0.190. The van der Waals surface area contributed by atoms with E-state index in [9.17, 15) is 4.79 Å². The summed E-state index contributed by atoms with van der Waals surface area (Å²) in [4.78, 5) is 11.2. The van der Waals surface area contributed by atoms with E-state index in [0.717, 1.165) is 6.42 Å². The van der Waals surface area contributed by atoms with Gasteiger partial charge in [-0.2, -0.15) is 0 Å². The standard InChI is InChI=1S/C18H32O2/c1-3-5-7-8-9-10-11-12-13-15-17-20-18(19)16-14-6-4-2/h4,6,14,16H,3,5,7-13,15,17H2,1-2H3/b6-4-,16-14+. The summed E-state index contributed by atoms with van der Waals surface area (Å²) in [5, 5.41) is 0. The number of allylic oxidation sites excluding steroid dienone is 3. The lowest BCUT2D eigenvalue weighted by Crippen LogP contribution is -2.02. The molecular formula is C18H32O2. The van der Waals surface area contributed by atoms with E-state index in [0.29, 0.717) is 6.61 Å². The van der Waals surface area contributed by atoms with Crippen molar-refractivity contribution in [3.05, 3.63) is 24.3 Å². The van der Waals surface area contributed by atoms with Gasteiger partial charge in [0, 0.05) is 6.08 Å². The maximum absolute atomic E-state index is 11.2. The van der Waals surface area contributed by atoms with Crippen LogP contribution in [0.25, 0.3) is 0 Å². The molecule has 0 saturated carbocycles. The minimum absolute atomic E-state index is 0.237. The first-order valence-electron chi connectivity index (χ1n) is 8.27. The molecular weight excluding hydrogens is 248 g/mol. The fourth-order valence-corrected chi connectivity index (χ4v) is 2.06. The zero-order valence-corrected chi connectivity index (χ0v) is 13.4. The molecule has 0 radical (unpaired) electrons. The number of esters is 1. The second-order valence-electron chi connectivity index (χ2n) is 5.23. The second-order valence-corrected chi connectivity index (χ2v) is 5.23. The van der Waals surface area contributed by atoms with Crippen LogP contribution in [0.3, 0.4) is 0 Å². The Morgan fingerprint density at radius 1 is 0.850 bits per heavy atom. The van der Waals surface area contributed by atoms with Crippen LogP contribution in [-0.4, -0.2) is 12.6 Å². The topological polar surface area (TPSA) is 26.3 Å². The van der Waals surface area contributed by atoms with Gasteiger partial charge in [0.1, 0.15) is 0 Å². The van der Waals surface area contributed by atoms with Gasteiger partial charge in [0.25, 0.3) is 0 Å². The van der Waals surface area contributed by atoms with Crippen LogP contribution in [-0.2, 0) is 9.53 Å². The number of carbonyl (C=O) groups is 1. The Hall–Kier alpha value is -1.05. The summed E-state index contributed by atoms with van der Waals surface area (Å²) in [5.74, 6) is -0.237. The van der Waals surface area contributed by atoms with Crippen molar-refractivity contribution < 1.29 is 9.53 Å². The lowest BCUT2D eigenvalue weighted by atomic mass is 10.1. The average Bonchev–Trinajstić information content (AvgIpc) is 2.45. The van der Waals surface area contributed by atoms with Crippen molar-refractivity contribution in [2.45, 2.75) is 78.1 Å². The molecule has 0 N–H and O–H groups in total. The maximum atomic E-state index is 11.2. The summed E-state index contributed by atoms with van der Waals surface area (Å²) in [6.45, 7) is 4.72. The van der Waals surface area contributed by atoms with Crippen molar-refractivity contribution >= 4 is 5.97 Å². The van der Waals surface area contributed by atoms with Crippen LogP contribution in [0.5, 0.6) is 0 Å². The van der Waals surface area contributed by atoms with Crippen molar-refractivity contribution in [3.8, 4) is 0 Å². The molecule has 0 aromatic rings. The summed E-state index contributed by atoms with van der Waals surface area (Å²) < 4.78 is 5.10. The summed E-state index contributed by atoms with van der Waals surface area (Å²) in [5.41, 5.74) is 0. The SMILES string of the molecule is C/C=C\C=C\C(=O)OCCCCCCCCCCCC. The first-order chi connectivity index (χ1) is 9.81. The van der Waals surface area contributed by atoms with Crippen LogP contribution in [0, 0.1) is 0 Å². The zero-order chi connectivity index (χ0) is 14.9. The Bertz CT molecular complexity index is 267. The van der Waals surface area contributed by atoms with Gasteiger partial charge in [-0.15, -0.1) is 0 Å². The lowest BCUT2D eigenvalue weighted by Gasteiger charge is -2.03. The fourth-order valence-electron chi connectivity index (χ4n) is 2.06. The zero-order valence-electron chi connectivity index (χ0n) is 13.4. The Kier molecular flexibility index (Phi) is 15.2. The third-order valence-electron chi connectivity index (χ3n) is 3.28. The highest BCUT2D eigenvalue weighted by Gasteiger charge is 1.96. The summed E-state index contributed by atoms with van der Waals surface area (Å²) in [6.07, 6.45) is 19.8. The van der Waals surface area contributed by atoms with Crippen molar-refractivity contribution in [3.63, 3.8) is 0 Å². The van der Waals surface area contributed by atoms with Gasteiger partial charge in [-0.25, -0.2) is 4.79 Å². The molecule has 0 atom stereocenters. The van der Waals surface area contributed by atoms with Crippen molar-refractivity contribution in [1.82, 2.24) is 0 Å². The van der Waals surface area contributed by atoms with Crippen LogP contribution in [0.2, 0.25) is 0 Å². The van der Waals surface area contributed by atoms with E-state index in [1.807, 2.05) is 19.1 Å². The average molecular weight is 280 g/mol. The van der Waals surface area contributed by atoms with Crippen LogP contribution in [0.4, 0.5) is 0 Å². The minimum atomic E-state index is -0.237. The summed E-state index contributed by atoms with van der Waals surface area (Å²) in [7, 11) is 0. The van der Waals surface area contributed by atoms with Gasteiger partial charge in [0.2, 0.25) is 0 Å². The number of hydrogen-bond donors (Lipinski definition) is 0. The molecule has 0 rings (SSSR count). The molecule has 2 nitrogen and oxygen atoms in total. The molecule has 0 saturated heterocycles. The van der Waals surface area contributed by atoms with E-state index in [1.54, 1.807) is 6.08 Å². The molecule has 20 heavy (non-hydrogen) atoms. The van der Waals surface area contributed by atoms with Gasteiger partial charge in [0.05, 0.1) is 6.61 Å². The summed E-state index contributed by atoms with van der Waals surface area (Å²) >= 11 is 0. The van der Waals surface area contributed by atoms with E-state index in [4.69, 9.17) is 4.74 Å². The highest BCUT2D eigenvalue weighted by Crippen LogP contribution is 2.10. The first kappa shape index (κ1) is 18.9. The van der Waals surface area contributed by atoms with E-state index in [-0.39, 0.29) is 5.97 Å². The van der Waals surface area contributed by atoms with Crippen LogP contribution < -0.4 is 0 Å². The molecule has 0 fully saturated rings. The molecule has 0 bridgehead atoms. The molecule has 0 aliphatic carbocycles. The first-order valence-corrected chi connectivity index (χ1v) is 8.27. The van der Waals surface area contributed by atoms with Crippen LogP contribution in [0.15, 0.2) is 24.3 Å². The highest BCUT2D eigenvalue weighted by molar-refractivity contribution is 5.82. The maximum Gasteiger partial charge on any atom is 0.330 e. The second kappa shape index (κ2) is 16.0. The lowest BCUT2D eigenvalue weighted by molar-refractivity contribution is -0.137. The van der Waals surface area contributed by atoms with Crippen molar-refractivity contribution in [1.29, 1.82) is 0 Å². The van der Waals surface area contributed by atoms with Gasteiger partial charge < -0.3 is 4.74 Å². The number of unbranched alkanes of at least 4 members (excludes halogenated alkanes) is 9. The van der Waals surface area contributed by atoms with Crippen LogP contribution in [0.1, 0.15) is 78.1 Å². The molecule has 2 heteroatoms. The van der Waals surface area contributed by atoms with Gasteiger partial charge >= 0.3 is 5.97 Å². The normalized spacial score (nSPS) is 11.5. The number of rotatable bonds is 13. The number of ether oxygens (including phenoxy) is 1. The van der Waals surface area contributed by atoms with E-state index < -0.39 is 0 Å². The molecule has 0 aliphatic rings. The molecule has 0 spiro atoms. The molecule has 0 aromatic heterocycles. The van der Waals surface area contributed by atoms with Gasteiger partial charge in [0.15, 0.2) is 0 Å². The molecule has 0 amide bonds. The third kappa shape index (κ3) is 15.0. The summed E-state index contributed by atoms with van der Waals surface area (Å²) in [6, 6.07) is 0. The predicted molar refractivity (Wildman–Crippen MR) is 86.8 cm³/mol. The number of hydrogen-bond acceptors (Lipinski definition) is 2. The Balaban J connectivity index is 3.18. The monoisotopic (exact) mass is 280 g/mol. The fraction of sp³-hybridized carbons (Fsp3) is 0.722. The Morgan fingerprint density at radius 2 is 1.40 bits per heavy atom. The molecule has 0 unspecified atom stereocenters. The third-order valence-corrected chi connectivity index (χ3v) is 3.28.